The zero-order valence-electron chi connectivity index (χ0n) is 7.51. The predicted octanol–water partition coefficient (Wildman–Crippen LogP) is 1.34. The van der Waals surface area contributed by atoms with Crippen molar-refractivity contribution in [2.75, 3.05) is 13.2 Å². The molecule has 0 aromatic rings. The highest BCUT2D eigenvalue weighted by Crippen LogP contribution is 2.42. The second-order valence-corrected chi connectivity index (χ2v) is 4.01. The highest BCUT2D eigenvalue weighted by atomic mass is 16.7. The molecule has 3 nitrogen and oxygen atoms in total. The average Bonchev–Trinajstić information content (AvgIpc) is 2.50. The molecule has 2 fully saturated rings. The summed E-state index contributed by atoms with van der Waals surface area (Å²) in [5.74, 6) is 0.200. The molecule has 0 atom stereocenters. The molecule has 3 heteroatoms. The molecule has 12 heavy (non-hydrogen) atoms. The lowest BCUT2D eigenvalue weighted by molar-refractivity contribution is -0.184. The first-order chi connectivity index (χ1) is 5.72. The van der Waals surface area contributed by atoms with Crippen molar-refractivity contribution in [2.24, 2.45) is 5.41 Å². The minimum atomic E-state index is -0.0929. The molecule has 1 aliphatic carbocycles. The predicted molar refractivity (Wildman–Crippen MR) is 44.2 cm³/mol. The Hall–Kier alpha value is -0.570. The molecule has 1 aliphatic heterocycles. The van der Waals surface area contributed by atoms with E-state index in [1.54, 1.807) is 5.06 Å². The summed E-state index contributed by atoms with van der Waals surface area (Å²) >= 11 is 0. The van der Waals surface area contributed by atoms with Crippen LogP contribution >= 0.6 is 0 Å². The first-order valence-corrected chi connectivity index (χ1v) is 4.67. The maximum Gasteiger partial charge on any atom is 0.252 e. The van der Waals surface area contributed by atoms with E-state index in [9.17, 15) is 4.79 Å². The molecule has 1 heterocycles. The van der Waals surface area contributed by atoms with Gasteiger partial charge in [-0.2, -0.15) is 0 Å². The van der Waals surface area contributed by atoms with Crippen molar-refractivity contribution >= 4 is 5.91 Å². The van der Waals surface area contributed by atoms with Gasteiger partial charge in [-0.25, -0.2) is 5.06 Å². The van der Waals surface area contributed by atoms with Gasteiger partial charge in [-0.3, -0.25) is 9.63 Å². The molecule has 0 unspecified atom stereocenters. The Morgan fingerprint density at radius 1 is 1.42 bits per heavy atom. The zero-order valence-corrected chi connectivity index (χ0v) is 7.51. The third-order valence-electron chi connectivity index (χ3n) is 2.95. The fourth-order valence-corrected chi connectivity index (χ4v) is 1.83. The van der Waals surface area contributed by atoms with Crippen LogP contribution in [0.2, 0.25) is 0 Å². The van der Waals surface area contributed by atoms with E-state index >= 15 is 0 Å². The van der Waals surface area contributed by atoms with Gasteiger partial charge in [-0.1, -0.05) is 13.3 Å². The van der Waals surface area contributed by atoms with Crippen molar-refractivity contribution < 1.29 is 9.63 Å². The largest absolute Gasteiger partial charge is 0.272 e. The van der Waals surface area contributed by atoms with E-state index in [1.165, 1.54) is 6.42 Å². The Balaban J connectivity index is 1.98. The van der Waals surface area contributed by atoms with Crippen molar-refractivity contribution in [1.29, 1.82) is 0 Å². The van der Waals surface area contributed by atoms with Crippen LogP contribution in [0.15, 0.2) is 0 Å². The summed E-state index contributed by atoms with van der Waals surface area (Å²) in [6.07, 6.45) is 4.25. The summed E-state index contributed by atoms with van der Waals surface area (Å²) in [6, 6.07) is 0. The van der Waals surface area contributed by atoms with Gasteiger partial charge in [0, 0.05) is 5.41 Å². The van der Waals surface area contributed by atoms with Crippen molar-refractivity contribution in [1.82, 2.24) is 5.06 Å². The van der Waals surface area contributed by atoms with E-state index in [1.807, 2.05) is 6.92 Å². The molecule has 0 bridgehead atoms. The van der Waals surface area contributed by atoms with E-state index in [2.05, 4.69) is 0 Å². The molecule has 0 aromatic heterocycles. The highest BCUT2D eigenvalue weighted by molar-refractivity contribution is 5.82. The van der Waals surface area contributed by atoms with Crippen molar-refractivity contribution in [3.05, 3.63) is 0 Å². The number of hydrogen-bond acceptors (Lipinski definition) is 2. The first-order valence-electron chi connectivity index (χ1n) is 4.67. The molecule has 2 rings (SSSR count). The molecule has 1 saturated carbocycles. The fourth-order valence-electron chi connectivity index (χ4n) is 1.83. The summed E-state index contributed by atoms with van der Waals surface area (Å²) < 4.78 is 0. The third kappa shape index (κ3) is 1.12. The van der Waals surface area contributed by atoms with Gasteiger partial charge in [0.05, 0.1) is 13.2 Å². The van der Waals surface area contributed by atoms with Gasteiger partial charge in [0.2, 0.25) is 0 Å². The number of hydrogen-bond donors (Lipinski definition) is 0. The Bertz CT molecular complexity index is 193. The van der Waals surface area contributed by atoms with Crippen molar-refractivity contribution in [3.63, 3.8) is 0 Å². The minimum Gasteiger partial charge on any atom is -0.272 e. The van der Waals surface area contributed by atoms with Gasteiger partial charge in [-0.05, 0) is 19.3 Å². The number of carbonyl (C=O) groups excluding carboxylic acids is 1. The smallest absolute Gasteiger partial charge is 0.252 e. The standard InChI is InChI=1S/C9H15NO2/c1-9(4-2-5-9)8(11)10-6-3-7-12-10/h2-7H2,1H3. The molecule has 0 radical (unpaired) electrons. The number of amides is 1. The van der Waals surface area contributed by atoms with E-state index in [0.29, 0.717) is 6.61 Å². The average molecular weight is 169 g/mol. The van der Waals surface area contributed by atoms with Crippen LogP contribution in [0.3, 0.4) is 0 Å². The molecule has 2 aliphatic rings. The Morgan fingerprint density at radius 2 is 2.17 bits per heavy atom. The number of rotatable bonds is 1. The van der Waals surface area contributed by atoms with Crippen molar-refractivity contribution in [2.45, 2.75) is 32.6 Å². The first kappa shape index (κ1) is 8.05. The molecule has 0 spiro atoms. The van der Waals surface area contributed by atoms with Crippen LogP contribution < -0.4 is 0 Å². The molecule has 68 valence electrons. The van der Waals surface area contributed by atoms with Crippen LogP contribution in [0.25, 0.3) is 0 Å². The van der Waals surface area contributed by atoms with Gasteiger partial charge in [0.25, 0.3) is 5.91 Å². The van der Waals surface area contributed by atoms with Crippen LogP contribution in [0.1, 0.15) is 32.6 Å². The summed E-state index contributed by atoms with van der Waals surface area (Å²) in [4.78, 5) is 17.0. The minimum absolute atomic E-state index is 0.0929. The van der Waals surface area contributed by atoms with E-state index in [4.69, 9.17) is 4.84 Å². The van der Waals surface area contributed by atoms with Gasteiger partial charge in [-0.15, -0.1) is 0 Å². The maximum absolute atomic E-state index is 11.8. The SMILES string of the molecule is CC1(C(=O)N2CCCO2)CCC1. The van der Waals surface area contributed by atoms with Crippen LogP contribution in [0.5, 0.6) is 0 Å². The zero-order chi connectivity index (χ0) is 8.60. The van der Waals surface area contributed by atoms with Crippen LogP contribution in [0, 0.1) is 5.41 Å². The quantitative estimate of drug-likeness (QED) is 0.593. The Morgan fingerprint density at radius 3 is 2.58 bits per heavy atom. The van der Waals surface area contributed by atoms with Crippen LogP contribution in [-0.2, 0) is 9.63 Å². The summed E-state index contributed by atoms with van der Waals surface area (Å²) in [6.45, 7) is 3.54. The third-order valence-corrected chi connectivity index (χ3v) is 2.95. The number of carbonyl (C=O) groups is 1. The Kier molecular flexibility index (Phi) is 1.83. The molecule has 0 N–H and O–H groups in total. The number of nitrogens with zero attached hydrogens (tertiary/aromatic N) is 1. The summed E-state index contributed by atoms with van der Waals surface area (Å²) in [5.41, 5.74) is -0.0929. The lowest BCUT2D eigenvalue weighted by Gasteiger charge is -2.38. The summed E-state index contributed by atoms with van der Waals surface area (Å²) in [7, 11) is 0. The lowest BCUT2D eigenvalue weighted by atomic mass is 9.70. The summed E-state index contributed by atoms with van der Waals surface area (Å²) in [5, 5.41) is 1.55. The lowest BCUT2D eigenvalue weighted by Crippen LogP contribution is -2.44. The second kappa shape index (κ2) is 2.73. The van der Waals surface area contributed by atoms with E-state index in [0.717, 1.165) is 25.8 Å². The normalized spacial score (nSPS) is 26.9. The van der Waals surface area contributed by atoms with Gasteiger partial charge in [0.15, 0.2) is 0 Å². The molecular formula is C9H15NO2. The number of hydroxylamine groups is 2. The monoisotopic (exact) mass is 169 g/mol. The topological polar surface area (TPSA) is 29.5 Å². The van der Waals surface area contributed by atoms with E-state index < -0.39 is 0 Å². The van der Waals surface area contributed by atoms with Gasteiger partial charge < -0.3 is 0 Å². The molecule has 1 saturated heterocycles. The fraction of sp³-hybridized carbons (Fsp3) is 0.889. The Labute approximate surface area is 72.6 Å². The highest BCUT2D eigenvalue weighted by Gasteiger charge is 2.43. The van der Waals surface area contributed by atoms with Gasteiger partial charge >= 0.3 is 0 Å². The van der Waals surface area contributed by atoms with Gasteiger partial charge in [0.1, 0.15) is 0 Å². The second-order valence-electron chi connectivity index (χ2n) is 4.01. The molecule has 0 aromatic carbocycles. The van der Waals surface area contributed by atoms with Crippen LogP contribution in [-0.4, -0.2) is 24.1 Å². The molecule has 1 amide bonds. The maximum atomic E-state index is 11.8. The van der Waals surface area contributed by atoms with Crippen molar-refractivity contribution in [3.8, 4) is 0 Å². The van der Waals surface area contributed by atoms with Crippen LogP contribution in [0.4, 0.5) is 0 Å². The van der Waals surface area contributed by atoms with E-state index in [-0.39, 0.29) is 11.3 Å². The molecular weight excluding hydrogens is 154 g/mol.